The number of nitrogens with zero attached hydrogens (tertiary/aromatic N) is 2. The number of Topliss-reactive ketones (excluding diaryl/α,β-unsaturated/α-hetero) is 1. The highest BCUT2D eigenvalue weighted by Crippen LogP contribution is 2.44. The second kappa shape index (κ2) is 10.2. The molecule has 4 rings (SSSR count). The highest BCUT2D eigenvalue weighted by Gasteiger charge is 2.47. The topological polar surface area (TPSA) is 130 Å². The summed E-state index contributed by atoms with van der Waals surface area (Å²) in [5.74, 6) is -3.32. The van der Waals surface area contributed by atoms with Gasteiger partial charge in [-0.3, -0.25) is 24.6 Å². The average Bonchev–Trinajstić information content (AvgIpc) is 3.13. The van der Waals surface area contributed by atoms with E-state index in [1.807, 2.05) is 27.7 Å². The molecule has 0 radical (unpaired) electrons. The zero-order valence-corrected chi connectivity index (χ0v) is 21.8. The molecule has 1 saturated heterocycles. The van der Waals surface area contributed by atoms with Crippen molar-refractivity contribution >= 4 is 28.8 Å². The fourth-order valence-corrected chi connectivity index (χ4v) is 4.60. The molecule has 0 spiro atoms. The maximum Gasteiger partial charge on any atom is 0.311 e. The third kappa shape index (κ3) is 5.05. The highest BCUT2D eigenvalue weighted by molar-refractivity contribution is 6.51. The van der Waals surface area contributed by atoms with E-state index in [0.29, 0.717) is 12.4 Å². The molecule has 39 heavy (non-hydrogen) atoms. The first-order valence-corrected chi connectivity index (χ1v) is 12.2. The van der Waals surface area contributed by atoms with Crippen LogP contribution in [0.4, 0.5) is 15.8 Å². The van der Waals surface area contributed by atoms with Crippen LogP contribution in [0.2, 0.25) is 0 Å². The van der Waals surface area contributed by atoms with E-state index in [1.54, 1.807) is 18.2 Å². The van der Waals surface area contributed by atoms with Crippen LogP contribution >= 0.6 is 0 Å². The van der Waals surface area contributed by atoms with Gasteiger partial charge in [-0.15, -0.1) is 0 Å². The van der Waals surface area contributed by atoms with Gasteiger partial charge in [0.2, 0.25) is 0 Å². The quantitative estimate of drug-likeness (QED) is 0.135. The lowest BCUT2D eigenvalue weighted by atomic mass is 9.84. The Morgan fingerprint density at radius 3 is 2.44 bits per heavy atom. The summed E-state index contributed by atoms with van der Waals surface area (Å²) in [6, 6.07) is 11.9. The zero-order chi connectivity index (χ0) is 28.6. The van der Waals surface area contributed by atoms with Gasteiger partial charge >= 0.3 is 5.69 Å². The summed E-state index contributed by atoms with van der Waals surface area (Å²) in [5.41, 5.74) is -0.374. The third-order valence-electron chi connectivity index (χ3n) is 6.40. The number of benzene rings is 3. The van der Waals surface area contributed by atoms with Crippen LogP contribution in [-0.4, -0.2) is 33.4 Å². The predicted molar refractivity (Wildman–Crippen MR) is 142 cm³/mol. The van der Waals surface area contributed by atoms with Crippen LogP contribution in [-0.2, 0) is 15.0 Å². The molecule has 1 aliphatic heterocycles. The summed E-state index contributed by atoms with van der Waals surface area (Å²) in [6.07, 6.45) is 0. The summed E-state index contributed by atoms with van der Waals surface area (Å²) in [7, 11) is 0. The molecule has 3 aromatic carbocycles. The number of aliphatic hydroxyl groups is 1. The minimum absolute atomic E-state index is 0.0129. The Hall–Kier alpha value is -4.73. The van der Waals surface area contributed by atoms with Gasteiger partial charge in [0.05, 0.1) is 23.1 Å². The van der Waals surface area contributed by atoms with Crippen LogP contribution in [0, 0.1) is 15.9 Å². The first-order chi connectivity index (χ1) is 18.3. The zero-order valence-electron chi connectivity index (χ0n) is 21.8. The van der Waals surface area contributed by atoms with Gasteiger partial charge in [0.1, 0.15) is 17.3 Å². The largest absolute Gasteiger partial charge is 0.507 e. The van der Waals surface area contributed by atoms with Gasteiger partial charge in [-0.2, -0.15) is 0 Å². The summed E-state index contributed by atoms with van der Waals surface area (Å²) >= 11 is 0. The van der Waals surface area contributed by atoms with Gasteiger partial charge < -0.3 is 14.9 Å². The van der Waals surface area contributed by atoms with Gasteiger partial charge in [-0.05, 0) is 60.4 Å². The van der Waals surface area contributed by atoms with Crippen molar-refractivity contribution in [2.45, 2.75) is 39.2 Å². The number of hydrogen-bond donors (Lipinski definition) is 2. The Bertz CT molecular complexity index is 1520. The van der Waals surface area contributed by atoms with E-state index in [1.165, 1.54) is 18.2 Å². The van der Waals surface area contributed by atoms with Crippen LogP contribution in [0.5, 0.6) is 11.5 Å². The number of phenolic OH excluding ortho intramolecular Hbond substituents is 1. The SMILES string of the molecule is CCOc1ccc(/C(O)=C2/C(=O)C(=O)N(c3cccc(F)c3)C2c2ccc(O)c([N+](=O)[O-])c2)cc1C(C)(C)C. The van der Waals surface area contributed by atoms with Crippen molar-refractivity contribution in [1.29, 1.82) is 0 Å². The van der Waals surface area contributed by atoms with Gasteiger partial charge in [-0.1, -0.05) is 32.9 Å². The number of nitro groups is 1. The maximum atomic E-state index is 14.2. The van der Waals surface area contributed by atoms with Crippen LogP contribution in [0.15, 0.2) is 66.2 Å². The monoisotopic (exact) mass is 534 g/mol. The lowest BCUT2D eigenvalue weighted by Gasteiger charge is -2.26. The predicted octanol–water partition coefficient (Wildman–Crippen LogP) is 5.76. The first kappa shape index (κ1) is 27.3. The number of amides is 1. The lowest BCUT2D eigenvalue weighted by Crippen LogP contribution is -2.29. The third-order valence-corrected chi connectivity index (χ3v) is 6.40. The first-order valence-electron chi connectivity index (χ1n) is 12.2. The Balaban J connectivity index is 2.00. The van der Waals surface area contributed by atoms with E-state index in [2.05, 4.69) is 0 Å². The molecule has 3 aromatic rings. The number of ether oxygens (including phenoxy) is 1. The normalized spacial score (nSPS) is 16.9. The molecule has 1 atom stereocenters. The second-order valence-electron chi connectivity index (χ2n) is 10.0. The molecule has 0 bridgehead atoms. The van der Waals surface area contributed by atoms with Crippen LogP contribution in [0.1, 0.15) is 50.4 Å². The number of carbonyl (C=O) groups excluding carboxylic acids is 2. The summed E-state index contributed by atoms with van der Waals surface area (Å²) in [5, 5.41) is 33.0. The molecule has 1 amide bonds. The molecule has 0 aromatic heterocycles. The summed E-state index contributed by atoms with van der Waals surface area (Å²) < 4.78 is 19.9. The number of phenols is 1. The number of anilines is 1. The molecule has 1 fully saturated rings. The second-order valence-corrected chi connectivity index (χ2v) is 10.0. The van der Waals surface area contributed by atoms with Crippen molar-refractivity contribution in [2.75, 3.05) is 11.5 Å². The Kier molecular flexibility index (Phi) is 7.14. The number of ketones is 1. The molecule has 1 aliphatic rings. The smallest absolute Gasteiger partial charge is 0.311 e. The van der Waals surface area contributed by atoms with Crippen LogP contribution < -0.4 is 9.64 Å². The fourth-order valence-electron chi connectivity index (χ4n) is 4.60. The van der Waals surface area contributed by atoms with Crippen LogP contribution in [0.3, 0.4) is 0 Å². The lowest BCUT2D eigenvalue weighted by molar-refractivity contribution is -0.385. The Morgan fingerprint density at radius 1 is 1.10 bits per heavy atom. The maximum absolute atomic E-state index is 14.2. The fraction of sp³-hybridized carbons (Fsp3) is 0.241. The van der Waals surface area contributed by atoms with E-state index >= 15 is 0 Å². The molecule has 202 valence electrons. The van der Waals surface area contributed by atoms with Crippen molar-refractivity contribution in [2.24, 2.45) is 0 Å². The van der Waals surface area contributed by atoms with E-state index in [-0.39, 0.29) is 22.4 Å². The Morgan fingerprint density at radius 2 is 1.82 bits per heavy atom. The van der Waals surface area contributed by atoms with Gasteiger partial charge in [0.15, 0.2) is 5.75 Å². The molecule has 1 unspecified atom stereocenters. The van der Waals surface area contributed by atoms with Crippen molar-refractivity contribution < 1.29 is 33.9 Å². The van der Waals surface area contributed by atoms with E-state index < -0.39 is 51.1 Å². The number of hydrogen-bond acceptors (Lipinski definition) is 7. The molecule has 2 N–H and O–H groups in total. The standard InChI is InChI=1S/C29H27FN2O7/c1-5-39-23-12-10-17(13-20(23)29(2,3)4)26(34)24-25(16-9-11-22(33)21(14-16)32(37)38)31(28(36)27(24)35)19-8-6-7-18(30)15-19/h6-15,25,33-34H,5H2,1-4H3/b26-24-. The van der Waals surface area contributed by atoms with Crippen molar-refractivity contribution in [3.63, 3.8) is 0 Å². The average molecular weight is 535 g/mol. The van der Waals surface area contributed by atoms with E-state index in [4.69, 9.17) is 4.74 Å². The molecule has 10 heteroatoms. The minimum Gasteiger partial charge on any atom is -0.507 e. The molecular formula is C29H27FN2O7. The number of aromatic hydroxyl groups is 1. The molecule has 0 aliphatic carbocycles. The van der Waals surface area contributed by atoms with Crippen LogP contribution in [0.25, 0.3) is 5.76 Å². The number of carbonyl (C=O) groups is 2. The van der Waals surface area contributed by atoms with E-state index in [9.17, 15) is 34.3 Å². The van der Waals surface area contributed by atoms with E-state index in [0.717, 1.165) is 34.7 Å². The van der Waals surface area contributed by atoms with Gasteiger partial charge in [0.25, 0.3) is 11.7 Å². The van der Waals surface area contributed by atoms with Gasteiger partial charge in [-0.25, -0.2) is 4.39 Å². The molecule has 1 heterocycles. The summed E-state index contributed by atoms with van der Waals surface area (Å²) in [6.45, 7) is 8.10. The minimum atomic E-state index is -1.35. The van der Waals surface area contributed by atoms with Crippen molar-refractivity contribution in [3.05, 3.63) is 98.9 Å². The summed E-state index contributed by atoms with van der Waals surface area (Å²) in [4.78, 5) is 38.4. The number of rotatable bonds is 6. The van der Waals surface area contributed by atoms with Gasteiger partial charge in [0, 0.05) is 22.9 Å². The highest BCUT2D eigenvalue weighted by atomic mass is 19.1. The Labute approximate surface area is 223 Å². The van der Waals surface area contributed by atoms with Crippen molar-refractivity contribution in [3.8, 4) is 11.5 Å². The number of halogens is 1. The molecule has 0 saturated carbocycles. The van der Waals surface area contributed by atoms with Crippen molar-refractivity contribution in [1.82, 2.24) is 0 Å². The molecule has 9 nitrogen and oxygen atoms in total. The number of aliphatic hydroxyl groups excluding tert-OH is 1. The molecular weight excluding hydrogens is 507 g/mol. The number of nitro benzene ring substituents is 1.